The molecule has 8 heteroatoms. The predicted octanol–water partition coefficient (Wildman–Crippen LogP) is -5.05. The molecule has 0 saturated heterocycles. The van der Waals surface area contributed by atoms with Crippen LogP contribution in [0.2, 0.25) is 0 Å². The second kappa shape index (κ2) is 5.05. The van der Waals surface area contributed by atoms with Crippen molar-refractivity contribution in [1.82, 2.24) is 0 Å². The van der Waals surface area contributed by atoms with E-state index < -0.39 is 22.9 Å². The Labute approximate surface area is 80.0 Å². The zero-order chi connectivity index (χ0) is 7.49. The van der Waals surface area contributed by atoms with Crippen molar-refractivity contribution in [2.75, 3.05) is 6.54 Å². The topological polar surface area (TPSA) is 110 Å². The Balaban J connectivity index is 0. The van der Waals surface area contributed by atoms with Gasteiger partial charge in [0.15, 0.2) is 0 Å². The summed E-state index contributed by atoms with van der Waals surface area (Å²) < 4.78 is 31.9. The number of carbonyl (C=O) groups is 1. The van der Waals surface area contributed by atoms with Crippen LogP contribution in [0.15, 0.2) is 0 Å². The zero-order valence-electron chi connectivity index (χ0n) is 5.23. The fourth-order valence-electron chi connectivity index (χ4n) is 0.148. The largest absolute Gasteiger partial charge is 1.00 e. The third-order valence-corrected chi connectivity index (χ3v) is 0.752. The summed E-state index contributed by atoms with van der Waals surface area (Å²) in [5.74, 6) is -1.26. The molecule has 0 aliphatic rings. The van der Waals surface area contributed by atoms with Gasteiger partial charge in [0, 0.05) is 0 Å². The Morgan fingerprint density at radius 3 is 2.10 bits per heavy atom. The Kier molecular flexibility index (Phi) is 6.55. The number of carbonyl (C=O) groups excluding carboxylic acids is 1. The second-order valence-corrected chi connectivity index (χ2v) is 2.05. The first-order chi connectivity index (χ1) is 3.95. The van der Waals surface area contributed by atoms with E-state index in [9.17, 15) is 17.8 Å². The van der Waals surface area contributed by atoms with Gasteiger partial charge in [0.05, 0.1) is 6.54 Å². The average molecular weight is 177 g/mol. The van der Waals surface area contributed by atoms with Gasteiger partial charge in [-0.25, -0.2) is 13.2 Å². The standard InChI is InChI=1S/C2H5NO5S.Na/c3-1-2(4)8-9(5,6)7;/h1,3H2,(H,5,6,7);/q;+1/p-1. The molecule has 0 aromatic rings. The molecule has 0 atom stereocenters. The van der Waals surface area contributed by atoms with E-state index in [0.29, 0.717) is 0 Å². The Bertz CT molecular complexity index is 198. The first kappa shape index (κ1) is 13.0. The summed E-state index contributed by atoms with van der Waals surface area (Å²) in [5.41, 5.74) is 4.60. The van der Waals surface area contributed by atoms with Crippen LogP contribution in [0.25, 0.3) is 0 Å². The van der Waals surface area contributed by atoms with Crippen molar-refractivity contribution in [3.8, 4) is 0 Å². The van der Waals surface area contributed by atoms with E-state index in [1.807, 2.05) is 0 Å². The van der Waals surface area contributed by atoms with E-state index in [2.05, 4.69) is 9.92 Å². The Morgan fingerprint density at radius 2 is 2.00 bits per heavy atom. The normalized spacial score (nSPS) is 9.80. The Hall–Kier alpha value is 0.340. The van der Waals surface area contributed by atoms with Crippen LogP contribution in [0.3, 0.4) is 0 Å². The van der Waals surface area contributed by atoms with Crippen LogP contribution in [-0.2, 0) is 19.4 Å². The second-order valence-electron chi connectivity index (χ2n) is 1.07. The van der Waals surface area contributed by atoms with Crippen LogP contribution in [0.4, 0.5) is 0 Å². The number of hydrogen-bond acceptors (Lipinski definition) is 6. The summed E-state index contributed by atoms with van der Waals surface area (Å²) >= 11 is 0. The molecule has 0 radical (unpaired) electrons. The first-order valence-corrected chi connectivity index (χ1v) is 3.17. The quantitative estimate of drug-likeness (QED) is 0.257. The molecular weight excluding hydrogens is 173 g/mol. The van der Waals surface area contributed by atoms with Crippen molar-refractivity contribution in [1.29, 1.82) is 0 Å². The van der Waals surface area contributed by atoms with Crippen LogP contribution in [-0.4, -0.2) is 25.5 Å². The molecule has 54 valence electrons. The molecule has 0 heterocycles. The van der Waals surface area contributed by atoms with Gasteiger partial charge in [-0.1, -0.05) is 0 Å². The molecule has 6 nitrogen and oxygen atoms in total. The minimum absolute atomic E-state index is 0. The molecule has 0 bridgehead atoms. The molecule has 0 aliphatic carbocycles. The molecule has 2 N–H and O–H groups in total. The van der Waals surface area contributed by atoms with Crippen molar-refractivity contribution in [3.63, 3.8) is 0 Å². The van der Waals surface area contributed by atoms with Crippen molar-refractivity contribution in [2.45, 2.75) is 0 Å². The summed E-state index contributed by atoms with van der Waals surface area (Å²) in [6, 6.07) is 0. The first-order valence-electron chi connectivity index (χ1n) is 1.84. The van der Waals surface area contributed by atoms with E-state index in [1.54, 1.807) is 0 Å². The van der Waals surface area contributed by atoms with Gasteiger partial charge in [0.25, 0.3) is 10.4 Å². The molecule has 10 heavy (non-hydrogen) atoms. The molecule has 0 saturated carbocycles. The van der Waals surface area contributed by atoms with E-state index in [0.717, 1.165) is 0 Å². The van der Waals surface area contributed by atoms with Crippen LogP contribution in [0.1, 0.15) is 0 Å². The molecule has 0 amide bonds. The maximum atomic E-state index is 9.90. The maximum absolute atomic E-state index is 9.90. The number of nitrogens with two attached hydrogens (primary N) is 1. The summed E-state index contributed by atoms with van der Waals surface area (Å²) in [5, 5.41) is 0. The minimum Gasteiger partial charge on any atom is -0.716 e. The fourth-order valence-corrected chi connectivity index (χ4v) is 0.444. The number of rotatable bonds is 2. The predicted molar refractivity (Wildman–Crippen MR) is 24.8 cm³/mol. The van der Waals surface area contributed by atoms with E-state index in [1.165, 1.54) is 0 Å². The third kappa shape index (κ3) is 8.34. The number of hydrogen-bond donors (Lipinski definition) is 1. The molecule has 0 spiro atoms. The van der Waals surface area contributed by atoms with E-state index in [-0.39, 0.29) is 29.6 Å². The minimum atomic E-state index is -4.91. The third-order valence-electron chi connectivity index (χ3n) is 0.362. The van der Waals surface area contributed by atoms with Gasteiger partial charge in [-0.15, -0.1) is 0 Å². The van der Waals surface area contributed by atoms with Crippen molar-refractivity contribution >= 4 is 16.4 Å². The molecule has 0 aliphatic heterocycles. The summed E-state index contributed by atoms with van der Waals surface area (Å²) in [6.07, 6.45) is 0. The molecule has 0 aromatic heterocycles. The SMILES string of the molecule is NCC(=O)OS(=O)(=O)[O-].[Na+]. The van der Waals surface area contributed by atoms with Crippen molar-refractivity contribution in [3.05, 3.63) is 0 Å². The molecule has 0 fully saturated rings. The molecule has 0 aromatic carbocycles. The van der Waals surface area contributed by atoms with Crippen molar-refractivity contribution in [2.24, 2.45) is 5.73 Å². The van der Waals surface area contributed by atoms with Gasteiger partial charge in [-0.2, -0.15) is 0 Å². The summed E-state index contributed by atoms with van der Waals surface area (Å²) in [7, 11) is -4.91. The van der Waals surface area contributed by atoms with Crippen molar-refractivity contribution < 1.29 is 51.5 Å². The van der Waals surface area contributed by atoms with Gasteiger partial charge in [0.1, 0.15) is 0 Å². The van der Waals surface area contributed by atoms with Gasteiger partial charge in [-0.3, -0.25) is 0 Å². The molecular formula is C2H4NNaO5S. The van der Waals surface area contributed by atoms with Gasteiger partial charge < -0.3 is 14.5 Å². The van der Waals surface area contributed by atoms with Gasteiger partial charge >= 0.3 is 35.5 Å². The van der Waals surface area contributed by atoms with Gasteiger partial charge in [-0.05, 0) is 0 Å². The summed E-state index contributed by atoms with van der Waals surface area (Å²) in [6.45, 7) is -0.624. The van der Waals surface area contributed by atoms with Gasteiger partial charge in [0.2, 0.25) is 0 Å². The Morgan fingerprint density at radius 1 is 1.60 bits per heavy atom. The van der Waals surface area contributed by atoms with E-state index >= 15 is 0 Å². The molecule has 0 rings (SSSR count). The van der Waals surface area contributed by atoms with Crippen LogP contribution in [0.5, 0.6) is 0 Å². The maximum Gasteiger partial charge on any atom is 1.00 e. The van der Waals surface area contributed by atoms with Crippen LogP contribution in [0, 0.1) is 0 Å². The van der Waals surface area contributed by atoms with Crippen LogP contribution >= 0.6 is 0 Å². The smallest absolute Gasteiger partial charge is 0.716 e. The van der Waals surface area contributed by atoms with Crippen LogP contribution < -0.4 is 35.3 Å². The molecule has 0 unspecified atom stereocenters. The fraction of sp³-hybridized carbons (Fsp3) is 0.500. The zero-order valence-corrected chi connectivity index (χ0v) is 8.05. The summed E-state index contributed by atoms with van der Waals surface area (Å²) in [4.78, 5) is 9.90. The van der Waals surface area contributed by atoms with E-state index in [4.69, 9.17) is 0 Å². The average Bonchev–Trinajstić information content (AvgIpc) is 1.62. The monoisotopic (exact) mass is 177 g/mol.